The summed E-state index contributed by atoms with van der Waals surface area (Å²) in [4.78, 5) is 12.6. The molecule has 208 valence electrons. The molecular weight excluding hydrogens is 532 g/mol. The average Bonchev–Trinajstić information content (AvgIpc) is 2.97. The van der Waals surface area contributed by atoms with Gasteiger partial charge >= 0.3 is 0 Å². The molecule has 4 aromatic rings. The van der Waals surface area contributed by atoms with Crippen molar-refractivity contribution in [2.45, 2.75) is 11.3 Å². The molecule has 0 fully saturated rings. The summed E-state index contributed by atoms with van der Waals surface area (Å²) in [7, 11) is -0.631. The Morgan fingerprint density at radius 1 is 0.750 bits per heavy atom. The van der Waals surface area contributed by atoms with Gasteiger partial charge in [-0.1, -0.05) is 36.4 Å². The van der Waals surface area contributed by atoms with Crippen LogP contribution in [0.15, 0.2) is 102 Å². The third-order valence-corrected chi connectivity index (χ3v) is 7.27. The van der Waals surface area contributed by atoms with Gasteiger partial charge in [0.25, 0.3) is 5.91 Å². The number of carbonyl (C=O) groups is 1. The first kappa shape index (κ1) is 28.5. The first-order valence-corrected chi connectivity index (χ1v) is 13.9. The van der Waals surface area contributed by atoms with Crippen molar-refractivity contribution in [1.29, 1.82) is 0 Å². The zero-order chi connectivity index (χ0) is 28.4. The second kappa shape index (κ2) is 13.5. The standard InChI is InChI=1S/C30H30N2O7S/c1-36-28-17-12-22(20-29(28)37-2)18-19-31-40(34,35)25-15-13-23(14-16-25)38-21-30(33)32-26-10-6-7-11-27(26)39-24-8-4-3-5-9-24/h3-17,20,31H,18-19,21H2,1-2H3,(H,32,33). The van der Waals surface area contributed by atoms with Crippen molar-refractivity contribution in [3.63, 3.8) is 0 Å². The Labute approximate surface area is 233 Å². The maximum absolute atomic E-state index is 12.7. The highest BCUT2D eigenvalue weighted by Crippen LogP contribution is 2.29. The first-order valence-electron chi connectivity index (χ1n) is 12.4. The molecule has 0 radical (unpaired) electrons. The molecule has 0 spiro atoms. The number of ether oxygens (including phenoxy) is 4. The summed E-state index contributed by atoms with van der Waals surface area (Å²) in [5.41, 5.74) is 1.40. The molecule has 0 atom stereocenters. The van der Waals surface area contributed by atoms with Crippen LogP contribution in [0, 0.1) is 0 Å². The monoisotopic (exact) mass is 562 g/mol. The fraction of sp³-hybridized carbons (Fsp3) is 0.167. The second-order valence-corrected chi connectivity index (χ2v) is 10.3. The SMILES string of the molecule is COc1ccc(CCNS(=O)(=O)c2ccc(OCC(=O)Nc3ccccc3Oc3ccccc3)cc2)cc1OC. The van der Waals surface area contributed by atoms with E-state index in [-0.39, 0.29) is 18.0 Å². The maximum Gasteiger partial charge on any atom is 0.262 e. The summed E-state index contributed by atoms with van der Waals surface area (Å²) in [6.45, 7) is -0.0684. The molecule has 0 saturated carbocycles. The third kappa shape index (κ3) is 7.75. The van der Waals surface area contributed by atoms with Crippen molar-refractivity contribution in [2.75, 3.05) is 32.7 Å². The lowest BCUT2D eigenvalue weighted by Gasteiger charge is -2.13. The molecular formula is C30H30N2O7S. The first-order chi connectivity index (χ1) is 19.4. The maximum atomic E-state index is 12.7. The van der Waals surface area contributed by atoms with Gasteiger partial charge in [-0.2, -0.15) is 0 Å². The number of anilines is 1. The molecule has 0 aromatic heterocycles. The Morgan fingerprint density at radius 3 is 2.17 bits per heavy atom. The van der Waals surface area contributed by atoms with E-state index in [1.807, 2.05) is 48.5 Å². The van der Waals surface area contributed by atoms with Gasteiger partial charge in [0.1, 0.15) is 11.5 Å². The predicted octanol–water partition coefficient (Wildman–Crippen LogP) is 5.03. The van der Waals surface area contributed by atoms with Crippen molar-refractivity contribution >= 4 is 21.6 Å². The van der Waals surface area contributed by atoms with E-state index in [0.717, 1.165) is 5.56 Å². The molecule has 1 amide bonds. The third-order valence-electron chi connectivity index (χ3n) is 5.79. The Morgan fingerprint density at radius 2 is 1.45 bits per heavy atom. The Kier molecular flexibility index (Phi) is 9.61. The summed E-state index contributed by atoms with van der Waals surface area (Å²) in [6.07, 6.45) is 0.468. The van der Waals surface area contributed by atoms with Crippen LogP contribution in [0.5, 0.6) is 28.7 Å². The molecule has 9 nitrogen and oxygen atoms in total. The number of methoxy groups -OCH3 is 2. The lowest BCUT2D eigenvalue weighted by molar-refractivity contribution is -0.118. The summed E-state index contributed by atoms with van der Waals surface area (Å²) >= 11 is 0. The summed E-state index contributed by atoms with van der Waals surface area (Å²) in [5, 5.41) is 2.78. The van der Waals surface area contributed by atoms with Gasteiger partial charge < -0.3 is 24.3 Å². The van der Waals surface area contributed by atoms with Gasteiger partial charge in [-0.15, -0.1) is 0 Å². The van der Waals surface area contributed by atoms with Crippen LogP contribution in [0.2, 0.25) is 0 Å². The van der Waals surface area contributed by atoms with Gasteiger partial charge in [0.05, 0.1) is 24.8 Å². The molecule has 4 aromatic carbocycles. The highest BCUT2D eigenvalue weighted by atomic mass is 32.2. The Balaban J connectivity index is 1.28. The van der Waals surface area contributed by atoms with Gasteiger partial charge in [0.15, 0.2) is 23.9 Å². The number of amides is 1. The molecule has 2 N–H and O–H groups in total. The molecule has 40 heavy (non-hydrogen) atoms. The molecule has 0 bridgehead atoms. The van der Waals surface area contributed by atoms with Crippen LogP contribution in [-0.2, 0) is 21.2 Å². The highest BCUT2D eigenvalue weighted by molar-refractivity contribution is 7.89. The second-order valence-electron chi connectivity index (χ2n) is 8.56. The largest absolute Gasteiger partial charge is 0.493 e. The number of carbonyl (C=O) groups excluding carboxylic acids is 1. The van der Waals surface area contributed by atoms with E-state index in [2.05, 4.69) is 10.0 Å². The minimum atomic E-state index is -3.73. The smallest absolute Gasteiger partial charge is 0.262 e. The lowest BCUT2D eigenvalue weighted by Crippen LogP contribution is -2.26. The van der Waals surface area contributed by atoms with Crippen LogP contribution in [0.4, 0.5) is 5.69 Å². The number of rotatable bonds is 13. The van der Waals surface area contributed by atoms with Gasteiger partial charge in [-0.05, 0) is 72.6 Å². The Bertz CT molecular complexity index is 1530. The number of hydrogen-bond donors (Lipinski definition) is 2. The lowest BCUT2D eigenvalue weighted by atomic mass is 10.1. The van der Waals surface area contributed by atoms with E-state index >= 15 is 0 Å². The minimum absolute atomic E-state index is 0.0867. The van der Waals surface area contributed by atoms with Gasteiger partial charge in [-0.3, -0.25) is 4.79 Å². The zero-order valence-corrected chi connectivity index (χ0v) is 22.9. The zero-order valence-electron chi connectivity index (χ0n) is 22.1. The van der Waals surface area contributed by atoms with Crippen LogP contribution in [0.25, 0.3) is 0 Å². The molecule has 10 heteroatoms. The van der Waals surface area contributed by atoms with E-state index in [1.165, 1.54) is 24.3 Å². The molecule has 0 saturated heterocycles. The molecule has 0 aliphatic rings. The van der Waals surface area contributed by atoms with Crippen molar-refractivity contribution in [2.24, 2.45) is 0 Å². The summed E-state index contributed by atoms with van der Waals surface area (Å²) in [5.74, 6) is 2.29. The van der Waals surface area contributed by atoms with E-state index in [0.29, 0.717) is 40.9 Å². The van der Waals surface area contributed by atoms with E-state index in [1.54, 1.807) is 38.5 Å². The van der Waals surface area contributed by atoms with Crippen LogP contribution in [0.1, 0.15) is 5.56 Å². The minimum Gasteiger partial charge on any atom is -0.493 e. The van der Waals surface area contributed by atoms with Crippen LogP contribution >= 0.6 is 0 Å². The van der Waals surface area contributed by atoms with Gasteiger partial charge in [-0.25, -0.2) is 13.1 Å². The van der Waals surface area contributed by atoms with Gasteiger partial charge in [0.2, 0.25) is 10.0 Å². The van der Waals surface area contributed by atoms with Crippen LogP contribution in [-0.4, -0.2) is 41.7 Å². The molecule has 0 unspecified atom stereocenters. The number of hydrogen-bond acceptors (Lipinski definition) is 7. The van der Waals surface area contributed by atoms with Crippen LogP contribution in [0.3, 0.4) is 0 Å². The van der Waals surface area contributed by atoms with E-state index in [9.17, 15) is 13.2 Å². The van der Waals surface area contributed by atoms with E-state index < -0.39 is 15.9 Å². The van der Waals surface area contributed by atoms with Crippen molar-refractivity contribution in [3.05, 3.63) is 103 Å². The Hall–Kier alpha value is -4.54. The molecule has 0 aliphatic carbocycles. The molecule has 0 aliphatic heterocycles. The topological polar surface area (TPSA) is 112 Å². The summed E-state index contributed by atoms with van der Waals surface area (Å²) < 4.78 is 50.0. The van der Waals surface area contributed by atoms with Crippen LogP contribution < -0.4 is 29.0 Å². The summed E-state index contributed by atoms with van der Waals surface area (Å²) in [6, 6.07) is 27.6. The highest BCUT2D eigenvalue weighted by Gasteiger charge is 2.15. The van der Waals surface area contributed by atoms with E-state index in [4.69, 9.17) is 18.9 Å². The van der Waals surface area contributed by atoms with Crippen molar-refractivity contribution < 1.29 is 32.2 Å². The van der Waals surface area contributed by atoms with Crippen molar-refractivity contribution in [3.8, 4) is 28.7 Å². The van der Waals surface area contributed by atoms with Gasteiger partial charge in [0, 0.05) is 6.54 Å². The number of benzene rings is 4. The fourth-order valence-corrected chi connectivity index (χ4v) is 4.81. The normalized spacial score (nSPS) is 10.9. The van der Waals surface area contributed by atoms with Crippen molar-refractivity contribution in [1.82, 2.24) is 4.72 Å². The fourth-order valence-electron chi connectivity index (χ4n) is 3.77. The molecule has 0 heterocycles. The number of sulfonamides is 1. The quantitative estimate of drug-likeness (QED) is 0.235. The predicted molar refractivity (Wildman–Crippen MR) is 152 cm³/mol. The average molecular weight is 563 g/mol. The number of para-hydroxylation sites is 3. The number of nitrogens with one attached hydrogen (secondary N) is 2. The molecule has 4 rings (SSSR count).